The van der Waals surface area contributed by atoms with Gasteiger partial charge in [-0.25, -0.2) is 9.97 Å². The molecular formula is C27H26N6OS. The van der Waals surface area contributed by atoms with Gasteiger partial charge < -0.3 is 15.8 Å². The molecule has 1 atom stereocenters. The fraction of sp³-hybridized carbons (Fsp3) is 0.185. The number of anilines is 1. The number of nitrogens with one attached hydrogen (secondary N) is 1. The van der Waals surface area contributed by atoms with Crippen LogP contribution in [0.4, 0.5) is 5.82 Å². The predicted molar refractivity (Wildman–Crippen MR) is 142 cm³/mol. The molecular weight excluding hydrogens is 456 g/mol. The summed E-state index contributed by atoms with van der Waals surface area (Å²) in [5.74, 6) is 2.15. The zero-order chi connectivity index (χ0) is 24.2. The third kappa shape index (κ3) is 4.84. The average molecular weight is 483 g/mol. The number of hydrogen-bond donors (Lipinski definition) is 2. The van der Waals surface area contributed by atoms with Gasteiger partial charge in [0.2, 0.25) is 0 Å². The van der Waals surface area contributed by atoms with Crippen LogP contribution in [0, 0.1) is 6.92 Å². The molecule has 0 aliphatic carbocycles. The van der Waals surface area contributed by atoms with E-state index in [0.717, 1.165) is 49.8 Å². The molecule has 5 rings (SSSR count). The molecule has 4 aromatic heterocycles. The number of fused-ring (bicyclic) bond motifs is 1. The second kappa shape index (κ2) is 10.2. The van der Waals surface area contributed by atoms with E-state index in [2.05, 4.69) is 34.3 Å². The summed E-state index contributed by atoms with van der Waals surface area (Å²) >= 11 is 1.65. The Bertz CT molecular complexity index is 1440. The highest BCUT2D eigenvalue weighted by atomic mass is 32.1. The fourth-order valence-corrected chi connectivity index (χ4v) is 5.19. The highest BCUT2D eigenvalue weighted by molar-refractivity contribution is 7.20. The number of ether oxygens (including phenoxy) is 1. The number of nitrogens with two attached hydrogens (primary N) is 1. The molecule has 35 heavy (non-hydrogen) atoms. The van der Waals surface area contributed by atoms with E-state index >= 15 is 0 Å². The Kier molecular flexibility index (Phi) is 6.65. The van der Waals surface area contributed by atoms with Gasteiger partial charge in [0, 0.05) is 58.9 Å². The van der Waals surface area contributed by atoms with Crippen molar-refractivity contribution >= 4 is 27.4 Å². The Hall–Kier alpha value is -3.88. The van der Waals surface area contributed by atoms with E-state index in [4.69, 9.17) is 20.4 Å². The summed E-state index contributed by atoms with van der Waals surface area (Å²) in [5.41, 5.74) is 11.4. The van der Waals surface area contributed by atoms with Crippen LogP contribution in [0.3, 0.4) is 0 Å². The average Bonchev–Trinajstić information content (AvgIpc) is 3.23. The van der Waals surface area contributed by atoms with Gasteiger partial charge in [-0.1, -0.05) is 30.3 Å². The first-order valence-corrected chi connectivity index (χ1v) is 12.2. The molecule has 4 heterocycles. The second-order valence-corrected chi connectivity index (χ2v) is 9.47. The molecule has 0 amide bonds. The minimum Gasteiger partial charge on any atom is -0.496 e. The quantitative estimate of drug-likeness (QED) is 0.317. The van der Waals surface area contributed by atoms with E-state index in [1.54, 1.807) is 37.0 Å². The first-order chi connectivity index (χ1) is 17.1. The van der Waals surface area contributed by atoms with Crippen molar-refractivity contribution in [3.05, 3.63) is 83.8 Å². The molecule has 0 aliphatic rings. The Balaban J connectivity index is 1.57. The van der Waals surface area contributed by atoms with E-state index in [-0.39, 0.29) is 6.04 Å². The van der Waals surface area contributed by atoms with Gasteiger partial charge in [-0.05, 0) is 37.1 Å². The molecule has 7 nitrogen and oxygen atoms in total. The second-order valence-electron chi connectivity index (χ2n) is 8.25. The van der Waals surface area contributed by atoms with Gasteiger partial charge in [0.25, 0.3) is 0 Å². The third-order valence-corrected chi connectivity index (χ3v) is 6.89. The lowest BCUT2D eigenvalue weighted by Crippen LogP contribution is -2.31. The highest BCUT2D eigenvalue weighted by Gasteiger charge is 2.21. The van der Waals surface area contributed by atoms with Crippen LogP contribution < -0.4 is 15.8 Å². The van der Waals surface area contributed by atoms with Crippen molar-refractivity contribution in [2.45, 2.75) is 19.4 Å². The maximum Gasteiger partial charge on any atom is 0.162 e. The van der Waals surface area contributed by atoms with Crippen molar-refractivity contribution in [1.29, 1.82) is 0 Å². The molecule has 0 aliphatic heterocycles. The maximum absolute atomic E-state index is 6.48. The van der Waals surface area contributed by atoms with E-state index in [9.17, 15) is 0 Å². The Morgan fingerprint density at radius 2 is 1.77 bits per heavy atom. The van der Waals surface area contributed by atoms with Crippen molar-refractivity contribution in [1.82, 2.24) is 19.9 Å². The van der Waals surface area contributed by atoms with E-state index < -0.39 is 0 Å². The van der Waals surface area contributed by atoms with Crippen LogP contribution in [0.15, 0.2) is 73.3 Å². The van der Waals surface area contributed by atoms with E-state index in [1.807, 2.05) is 42.6 Å². The number of aromatic nitrogens is 4. The molecule has 0 spiro atoms. The van der Waals surface area contributed by atoms with Gasteiger partial charge in [0.15, 0.2) is 5.82 Å². The zero-order valence-corrected chi connectivity index (χ0v) is 20.4. The number of rotatable bonds is 8. The smallest absolute Gasteiger partial charge is 0.162 e. The summed E-state index contributed by atoms with van der Waals surface area (Å²) in [6.07, 6.45) is 7.82. The van der Waals surface area contributed by atoms with Crippen molar-refractivity contribution in [3.8, 4) is 28.3 Å². The molecule has 0 fully saturated rings. The van der Waals surface area contributed by atoms with Gasteiger partial charge in [0.1, 0.15) is 11.6 Å². The normalized spacial score (nSPS) is 12.0. The summed E-state index contributed by atoms with van der Waals surface area (Å²) in [7, 11) is 1.67. The van der Waals surface area contributed by atoms with Crippen LogP contribution in [-0.2, 0) is 6.42 Å². The Morgan fingerprint density at radius 1 is 1.00 bits per heavy atom. The monoisotopic (exact) mass is 482 g/mol. The lowest BCUT2D eigenvalue weighted by atomic mass is 10.1. The molecule has 176 valence electrons. The Labute approximate surface area is 208 Å². The van der Waals surface area contributed by atoms with Crippen LogP contribution in [0.25, 0.3) is 32.7 Å². The summed E-state index contributed by atoms with van der Waals surface area (Å²) in [6.45, 7) is 2.67. The number of benzene rings is 1. The van der Waals surface area contributed by atoms with Crippen molar-refractivity contribution in [2.24, 2.45) is 5.73 Å². The fourth-order valence-electron chi connectivity index (χ4n) is 4.12. The predicted octanol–water partition coefficient (Wildman–Crippen LogP) is 5.11. The van der Waals surface area contributed by atoms with Crippen LogP contribution in [-0.4, -0.2) is 39.6 Å². The van der Waals surface area contributed by atoms with Gasteiger partial charge >= 0.3 is 0 Å². The van der Waals surface area contributed by atoms with Crippen LogP contribution in [0.1, 0.15) is 10.4 Å². The van der Waals surface area contributed by atoms with E-state index in [1.165, 1.54) is 5.56 Å². The first kappa shape index (κ1) is 22.9. The van der Waals surface area contributed by atoms with Crippen LogP contribution in [0.5, 0.6) is 5.75 Å². The van der Waals surface area contributed by atoms with Crippen molar-refractivity contribution < 1.29 is 4.74 Å². The molecule has 0 bridgehead atoms. The Morgan fingerprint density at radius 3 is 2.54 bits per heavy atom. The van der Waals surface area contributed by atoms with Crippen molar-refractivity contribution in [3.63, 3.8) is 0 Å². The number of methoxy groups -OCH3 is 1. The summed E-state index contributed by atoms with van der Waals surface area (Å²) in [4.78, 5) is 19.5. The zero-order valence-electron chi connectivity index (χ0n) is 19.6. The molecule has 3 N–H and O–H groups in total. The maximum atomic E-state index is 6.48. The first-order valence-electron chi connectivity index (χ1n) is 11.4. The SMILES string of the molecule is COc1ccncc1-c1c(C)sc2c(NCC(N)Cc3ccccc3)nc(-c3ccncc3)nc12. The third-order valence-electron chi connectivity index (χ3n) is 5.79. The van der Waals surface area contributed by atoms with Crippen LogP contribution >= 0.6 is 11.3 Å². The van der Waals surface area contributed by atoms with Crippen molar-refractivity contribution in [2.75, 3.05) is 19.0 Å². The minimum atomic E-state index is -0.0641. The number of aryl methyl sites for hydroxylation is 1. The lowest BCUT2D eigenvalue weighted by molar-refractivity contribution is 0.416. The lowest BCUT2D eigenvalue weighted by Gasteiger charge is -2.15. The van der Waals surface area contributed by atoms with Gasteiger partial charge in [-0.3, -0.25) is 9.97 Å². The molecule has 1 aromatic carbocycles. The summed E-state index contributed by atoms with van der Waals surface area (Å²) < 4.78 is 6.61. The summed E-state index contributed by atoms with van der Waals surface area (Å²) in [5, 5.41) is 3.51. The van der Waals surface area contributed by atoms with Crippen LogP contribution in [0.2, 0.25) is 0 Å². The minimum absolute atomic E-state index is 0.0641. The van der Waals surface area contributed by atoms with E-state index in [0.29, 0.717) is 12.4 Å². The number of thiophene rings is 1. The highest BCUT2D eigenvalue weighted by Crippen LogP contribution is 2.43. The molecule has 0 saturated carbocycles. The van der Waals surface area contributed by atoms with Gasteiger partial charge in [-0.15, -0.1) is 11.3 Å². The standard InChI is InChI=1S/C27H26N6OS/c1-17-23(21-16-30-13-10-22(21)34-2)24-25(35-17)27(33-26(32-24)19-8-11-29-12-9-19)31-15-20(28)14-18-6-4-3-5-7-18/h3-13,16,20H,14-15,28H2,1-2H3,(H,31,32,33). The molecule has 0 radical (unpaired) electrons. The topological polar surface area (TPSA) is 98.8 Å². The van der Waals surface area contributed by atoms with Gasteiger partial charge in [-0.2, -0.15) is 0 Å². The number of pyridine rings is 2. The molecule has 0 saturated heterocycles. The molecule has 1 unspecified atom stereocenters. The largest absolute Gasteiger partial charge is 0.496 e. The number of nitrogens with zero attached hydrogens (tertiary/aromatic N) is 4. The number of hydrogen-bond acceptors (Lipinski definition) is 8. The molecule has 5 aromatic rings. The summed E-state index contributed by atoms with van der Waals surface area (Å²) in [6, 6.07) is 15.9. The van der Waals surface area contributed by atoms with Gasteiger partial charge in [0.05, 0.1) is 17.3 Å². The molecule has 8 heteroatoms.